The van der Waals surface area contributed by atoms with Crippen LogP contribution in [0.15, 0.2) is 36.4 Å². The van der Waals surface area contributed by atoms with Crippen molar-refractivity contribution in [3.05, 3.63) is 52.7 Å². The Labute approximate surface area is 192 Å². The number of fused-ring (bicyclic) bond motifs is 3. The monoisotopic (exact) mass is 450 g/mol. The molecule has 1 aromatic heterocycles. The highest BCUT2D eigenvalue weighted by molar-refractivity contribution is 6.36. The van der Waals surface area contributed by atoms with Gasteiger partial charge in [0.25, 0.3) is 0 Å². The molecular weight excluding hydrogens is 424 g/mol. The van der Waals surface area contributed by atoms with Gasteiger partial charge in [0.05, 0.1) is 22.8 Å². The number of benzene rings is 2. The lowest BCUT2D eigenvalue weighted by molar-refractivity contribution is 0.106. The van der Waals surface area contributed by atoms with Gasteiger partial charge >= 0.3 is 6.01 Å². The van der Waals surface area contributed by atoms with Crippen LogP contribution in [0, 0.1) is 0 Å². The molecule has 3 aliphatic rings. The number of halogens is 1. The second-order valence-electron chi connectivity index (χ2n) is 9.25. The van der Waals surface area contributed by atoms with Crippen LogP contribution in [-0.4, -0.2) is 51.8 Å². The van der Waals surface area contributed by atoms with Crippen LogP contribution in [0.1, 0.15) is 36.9 Å². The molecule has 166 valence electrons. The van der Waals surface area contributed by atoms with Crippen LogP contribution in [0.25, 0.3) is 10.8 Å². The topological polar surface area (TPSA) is 61.7 Å². The van der Waals surface area contributed by atoms with Crippen LogP contribution >= 0.6 is 11.6 Å². The number of hydrogen-bond donors (Lipinski definition) is 1. The van der Waals surface area contributed by atoms with Gasteiger partial charge in [-0.15, -0.1) is 0 Å². The fraction of sp³-hybridized carbons (Fsp3) is 0.440. The van der Waals surface area contributed by atoms with E-state index in [4.69, 9.17) is 21.3 Å². The minimum absolute atomic E-state index is 0.0489. The summed E-state index contributed by atoms with van der Waals surface area (Å²) in [6.07, 6.45) is 5.46. The molecule has 7 heteroatoms. The molecule has 0 atom stereocenters. The van der Waals surface area contributed by atoms with E-state index in [1.807, 2.05) is 12.1 Å². The summed E-state index contributed by atoms with van der Waals surface area (Å²) in [5.74, 6) is 0.0489. The standard InChI is InChI=1S/C25H27ClN4O2/c26-19-7-1-5-17-6-2-8-21(22(17)19)29-14-9-18-20(15-29)27-24(28-23(18)31)32-16-25-10-3-12-30(25)13-4-11-25/h1-2,5-8H,3-4,9-16H2,(H,27,28,31). The van der Waals surface area contributed by atoms with Crippen LogP contribution in [0.2, 0.25) is 5.02 Å². The molecular formula is C25H27ClN4O2. The number of anilines is 1. The fourth-order valence-corrected chi connectivity index (χ4v) is 6.14. The third kappa shape index (κ3) is 3.28. The first-order chi connectivity index (χ1) is 15.6. The molecule has 3 aromatic rings. The molecule has 0 saturated carbocycles. The van der Waals surface area contributed by atoms with Crippen molar-refractivity contribution in [3.8, 4) is 11.9 Å². The van der Waals surface area contributed by atoms with Gasteiger partial charge in [-0.2, -0.15) is 9.97 Å². The lowest BCUT2D eigenvalue weighted by Gasteiger charge is -2.32. The zero-order valence-electron chi connectivity index (χ0n) is 18.1. The summed E-state index contributed by atoms with van der Waals surface area (Å²) in [6, 6.07) is 12.5. The average molecular weight is 451 g/mol. The van der Waals surface area contributed by atoms with Crippen molar-refractivity contribution in [2.24, 2.45) is 0 Å². The predicted octanol–water partition coefficient (Wildman–Crippen LogP) is 4.56. The van der Waals surface area contributed by atoms with Crippen LogP contribution in [-0.2, 0) is 13.0 Å². The zero-order valence-corrected chi connectivity index (χ0v) is 18.8. The van der Waals surface area contributed by atoms with E-state index in [2.05, 4.69) is 39.0 Å². The molecule has 3 aliphatic heterocycles. The molecule has 32 heavy (non-hydrogen) atoms. The normalized spacial score (nSPS) is 19.8. The summed E-state index contributed by atoms with van der Waals surface area (Å²) in [5.41, 5.74) is 2.86. The largest absolute Gasteiger partial charge is 0.493 e. The predicted molar refractivity (Wildman–Crippen MR) is 126 cm³/mol. The summed E-state index contributed by atoms with van der Waals surface area (Å²) in [4.78, 5) is 13.9. The van der Waals surface area contributed by atoms with Gasteiger partial charge in [0.1, 0.15) is 6.61 Å². The minimum atomic E-state index is 0.0489. The Morgan fingerprint density at radius 1 is 1.03 bits per heavy atom. The highest BCUT2D eigenvalue weighted by Gasteiger charge is 2.45. The first kappa shape index (κ1) is 20.1. The molecule has 0 radical (unpaired) electrons. The number of nitrogens with zero attached hydrogens (tertiary/aromatic N) is 4. The fourth-order valence-electron chi connectivity index (χ4n) is 5.86. The lowest BCUT2D eigenvalue weighted by atomic mass is 9.95. The quantitative estimate of drug-likeness (QED) is 0.628. The molecule has 6 nitrogen and oxygen atoms in total. The van der Waals surface area contributed by atoms with Crippen LogP contribution in [0.4, 0.5) is 5.69 Å². The summed E-state index contributed by atoms with van der Waals surface area (Å²) >= 11 is 6.56. The molecule has 0 amide bonds. The maximum absolute atomic E-state index is 10.6. The summed E-state index contributed by atoms with van der Waals surface area (Å²) in [7, 11) is 0. The number of rotatable bonds is 4. The Bertz CT molecular complexity index is 1170. The van der Waals surface area contributed by atoms with Gasteiger partial charge in [-0.05, 0) is 62.7 Å². The van der Waals surface area contributed by atoms with Crippen molar-refractivity contribution in [3.63, 3.8) is 0 Å². The first-order valence-electron chi connectivity index (χ1n) is 11.5. The smallest absolute Gasteiger partial charge is 0.320 e. The second-order valence-corrected chi connectivity index (χ2v) is 9.66. The van der Waals surface area contributed by atoms with E-state index in [1.165, 1.54) is 25.7 Å². The van der Waals surface area contributed by atoms with Gasteiger partial charge in [-0.1, -0.05) is 35.9 Å². The third-order valence-corrected chi connectivity index (χ3v) is 7.79. The van der Waals surface area contributed by atoms with Crippen molar-refractivity contribution in [2.75, 3.05) is 31.1 Å². The van der Waals surface area contributed by atoms with E-state index in [-0.39, 0.29) is 17.4 Å². The van der Waals surface area contributed by atoms with Crippen molar-refractivity contribution in [1.82, 2.24) is 14.9 Å². The molecule has 0 spiro atoms. The van der Waals surface area contributed by atoms with Gasteiger partial charge in [0.2, 0.25) is 5.88 Å². The summed E-state index contributed by atoms with van der Waals surface area (Å²) in [5, 5.41) is 13.5. The average Bonchev–Trinajstić information content (AvgIpc) is 3.38. The van der Waals surface area contributed by atoms with Crippen LogP contribution in [0.3, 0.4) is 0 Å². The van der Waals surface area contributed by atoms with E-state index < -0.39 is 0 Å². The van der Waals surface area contributed by atoms with Gasteiger partial charge < -0.3 is 14.7 Å². The molecule has 0 bridgehead atoms. The maximum Gasteiger partial charge on any atom is 0.320 e. The van der Waals surface area contributed by atoms with Crippen LogP contribution in [0.5, 0.6) is 11.9 Å². The van der Waals surface area contributed by atoms with Crippen molar-refractivity contribution < 1.29 is 9.84 Å². The van der Waals surface area contributed by atoms with Gasteiger partial charge in [0, 0.05) is 23.2 Å². The first-order valence-corrected chi connectivity index (χ1v) is 11.9. The summed E-state index contributed by atoms with van der Waals surface area (Å²) in [6.45, 7) is 4.26. The lowest BCUT2D eigenvalue weighted by Crippen LogP contribution is -2.43. The number of aromatic hydroxyl groups is 1. The van der Waals surface area contributed by atoms with E-state index in [9.17, 15) is 5.11 Å². The molecule has 2 aromatic carbocycles. The van der Waals surface area contributed by atoms with Gasteiger partial charge in [-0.25, -0.2) is 0 Å². The Morgan fingerprint density at radius 2 is 1.81 bits per heavy atom. The Kier molecular flexibility index (Phi) is 4.88. The zero-order chi connectivity index (χ0) is 21.7. The van der Waals surface area contributed by atoms with Crippen molar-refractivity contribution in [1.29, 1.82) is 0 Å². The van der Waals surface area contributed by atoms with Crippen molar-refractivity contribution >= 4 is 28.1 Å². The van der Waals surface area contributed by atoms with E-state index in [0.717, 1.165) is 52.4 Å². The van der Waals surface area contributed by atoms with E-state index >= 15 is 0 Å². The number of ether oxygens (including phenoxy) is 1. The van der Waals surface area contributed by atoms with E-state index in [0.29, 0.717) is 19.6 Å². The van der Waals surface area contributed by atoms with E-state index in [1.54, 1.807) is 0 Å². The molecule has 4 heterocycles. The van der Waals surface area contributed by atoms with Crippen LogP contribution < -0.4 is 9.64 Å². The molecule has 2 saturated heterocycles. The second kappa shape index (κ2) is 7.78. The highest BCUT2D eigenvalue weighted by Crippen LogP contribution is 2.40. The Morgan fingerprint density at radius 3 is 2.62 bits per heavy atom. The summed E-state index contributed by atoms with van der Waals surface area (Å²) < 4.78 is 6.11. The molecule has 1 N–H and O–H groups in total. The Hall–Kier alpha value is -2.57. The third-order valence-electron chi connectivity index (χ3n) is 7.48. The molecule has 0 unspecified atom stereocenters. The van der Waals surface area contributed by atoms with Gasteiger partial charge in [-0.3, -0.25) is 4.90 Å². The molecule has 0 aliphatic carbocycles. The SMILES string of the molecule is Oc1nc(OCC23CCCN2CCC3)nc2c1CCN(c1cccc3cccc(Cl)c13)C2. The molecule has 2 fully saturated rings. The molecule has 6 rings (SSSR count). The number of aromatic nitrogens is 2. The Balaban J connectivity index is 1.28. The highest BCUT2D eigenvalue weighted by atomic mass is 35.5. The minimum Gasteiger partial charge on any atom is -0.493 e. The maximum atomic E-state index is 10.6. The van der Waals surface area contributed by atoms with Gasteiger partial charge in [0.15, 0.2) is 0 Å². The van der Waals surface area contributed by atoms with Crippen molar-refractivity contribution in [2.45, 2.75) is 44.2 Å². The number of hydrogen-bond acceptors (Lipinski definition) is 6.